The van der Waals surface area contributed by atoms with Crippen LogP contribution in [0.4, 0.5) is 13.9 Å². The number of halogens is 2. The van der Waals surface area contributed by atoms with Crippen molar-refractivity contribution in [1.29, 1.82) is 0 Å². The summed E-state index contributed by atoms with van der Waals surface area (Å²) in [4.78, 5) is 19.4. The number of thiazole rings is 1. The molecule has 0 aliphatic heterocycles. The Morgan fingerprint density at radius 1 is 0.967 bits per heavy atom. The lowest BCUT2D eigenvalue weighted by atomic mass is 10.0. The first-order chi connectivity index (χ1) is 14.5. The third-order valence-electron chi connectivity index (χ3n) is 4.90. The van der Waals surface area contributed by atoms with Gasteiger partial charge in [0.1, 0.15) is 17.2 Å². The molecule has 0 unspecified atom stereocenters. The van der Waals surface area contributed by atoms with Gasteiger partial charge in [-0.15, -0.1) is 0 Å². The number of anilines is 1. The quantitative estimate of drug-likeness (QED) is 0.366. The van der Waals surface area contributed by atoms with E-state index in [2.05, 4.69) is 13.8 Å². The van der Waals surface area contributed by atoms with Crippen molar-refractivity contribution in [3.8, 4) is 0 Å². The van der Waals surface area contributed by atoms with E-state index in [1.54, 1.807) is 0 Å². The third kappa shape index (κ3) is 3.83. The lowest BCUT2D eigenvalue weighted by molar-refractivity contribution is 0.0977. The Hall–Kier alpha value is -3.12. The van der Waals surface area contributed by atoms with Gasteiger partial charge < -0.3 is 0 Å². The third-order valence-corrected chi connectivity index (χ3v) is 5.94. The second kappa shape index (κ2) is 8.32. The van der Waals surface area contributed by atoms with Gasteiger partial charge in [0.25, 0.3) is 5.91 Å². The topological polar surface area (TPSA) is 33.2 Å². The van der Waals surface area contributed by atoms with Crippen LogP contribution < -0.4 is 4.90 Å². The zero-order valence-electron chi connectivity index (χ0n) is 16.6. The van der Waals surface area contributed by atoms with Gasteiger partial charge in [-0.05, 0) is 35.2 Å². The second-order valence-electron chi connectivity index (χ2n) is 7.32. The van der Waals surface area contributed by atoms with Gasteiger partial charge in [-0.2, -0.15) is 0 Å². The Morgan fingerprint density at radius 3 is 2.30 bits per heavy atom. The molecule has 30 heavy (non-hydrogen) atoms. The number of carbonyl (C=O) groups is 1. The summed E-state index contributed by atoms with van der Waals surface area (Å²) >= 11 is 1.34. The Kier molecular flexibility index (Phi) is 5.59. The number of benzene rings is 3. The molecule has 4 rings (SSSR count). The van der Waals surface area contributed by atoms with Crippen LogP contribution in [0, 0.1) is 11.6 Å². The van der Waals surface area contributed by atoms with E-state index in [4.69, 9.17) is 4.98 Å². The van der Waals surface area contributed by atoms with Crippen molar-refractivity contribution in [2.24, 2.45) is 0 Å². The van der Waals surface area contributed by atoms with Crippen molar-refractivity contribution in [2.45, 2.75) is 26.3 Å². The molecular formula is C24H20F2N2OS. The van der Waals surface area contributed by atoms with Gasteiger partial charge in [0.15, 0.2) is 5.13 Å². The molecule has 6 heteroatoms. The molecule has 0 aliphatic carbocycles. The van der Waals surface area contributed by atoms with E-state index >= 15 is 0 Å². The summed E-state index contributed by atoms with van der Waals surface area (Å²) in [5.74, 6) is -2.27. The van der Waals surface area contributed by atoms with Crippen LogP contribution in [0.3, 0.4) is 0 Å². The largest absolute Gasteiger partial charge is 0.279 e. The number of hydrogen-bond donors (Lipinski definition) is 0. The Balaban J connectivity index is 1.85. The van der Waals surface area contributed by atoms with Crippen LogP contribution in [0.15, 0.2) is 66.7 Å². The minimum absolute atomic E-state index is 0.157. The van der Waals surface area contributed by atoms with Gasteiger partial charge in [-0.1, -0.05) is 73.7 Å². The fourth-order valence-electron chi connectivity index (χ4n) is 3.37. The molecule has 0 saturated carbocycles. The number of nitrogens with zero attached hydrogens (tertiary/aromatic N) is 2. The van der Waals surface area contributed by atoms with Crippen molar-refractivity contribution in [1.82, 2.24) is 4.98 Å². The van der Waals surface area contributed by atoms with Gasteiger partial charge in [0.05, 0.1) is 16.8 Å². The monoisotopic (exact) mass is 422 g/mol. The molecule has 0 bridgehead atoms. The number of hydrogen-bond acceptors (Lipinski definition) is 3. The summed E-state index contributed by atoms with van der Waals surface area (Å²) in [5, 5.41) is 0.412. The normalized spacial score (nSPS) is 11.2. The van der Waals surface area contributed by atoms with Gasteiger partial charge in [-0.3, -0.25) is 9.69 Å². The number of rotatable bonds is 5. The van der Waals surface area contributed by atoms with Crippen molar-refractivity contribution >= 4 is 32.6 Å². The average molecular weight is 423 g/mol. The van der Waals surface area contributed by atoms with E-state index in [0.717, 1.165) is 33.5 Å². The molecule has 0 radical (unpaired) electrons. The highest BCUT2D eigenvalue weighted by molar-refractivity contribution is 7.22. The van der Waals surface area contributed by atoms with Crippen LogP contribution in [0.2, 0.25) is 0 Å². The SMILES string of the molecule is CC(C)c1cccc2sc(N(Cc3ccccc3)C(=O)c3c(F)cccc3F)nc12. The van der Waals surface area contributed by atoms with E-state index in [9.17, 15) is 13.6 Å². The molecule has 3 nitrogen and oxygen atoms in total. The van der Waals surface area contributed by atoms with Gasteiger partial charge in [-0.25, -0.2) is 13.8 Å². The van der Waals surface area contributed by atoms with Crippen LogP contribution >= 0.6 is 11.3 Å². The van der Waals surface area contributed by atoms with Crippen molar-refractivity contribution in [3.63, 3.8) is 0 Å². The van der Waals surface area contributed by atoms with Crippen molar-refractivity contribution in [2.75, 3.05) is 4.90 Å². The fourth-order valence-corrected chi connectivity index (χ4v) is 4.37. The highest BCUT2D eigenvalue weighted by Gasteiger charge is 2.27. The molecule has 0 aliphatic rings. The van der Waals surface area contributed by atoms with E-state index in [1.165, 1.54) is 22.3 Å². The van der Waals surface area contributed by atoms with E-state index in [1.807, 2.05) is 48.5 Å². The van der Waals surface area contributed by atoms with Crippen LogP contribution in [0.25, 0.3) is 10.2 Å². The molecule has 4 aromatic rings. The highest BCUT2D eigenvalue weighted by atomic mass is 32.1. The first kappa shape index (κ1) is 20.2. The molecule has 0 atom stereocenters. The first-order valence-corrected chi connectivity index (χ1v) is 10.5. The zero-order valence-corrected chi connectivity index (χ0v) is 17.4. The Morgan fingerprint density at radius 2 is 1.63 bits per heavy atom. The molecule has 1 aromatic heterocycles. The second-order valence-corrected chi connectivity index (χ2v) is 8.33. The average Bonchev–Trinajstić information content (AvgIpc) is 3.16. The standard InChI is InChI=1S/C24H20F2N2OS/c1-15(2)17-10-6-13-20-22(17)27-24(30-20)28(14-16-8-4-3-5-9-16)23(29)21-18(25)11-7-12-19(21)26/h3-13,15H,14H2,1-2H3. The summed E-state index contributed by atoms with van der Waals surface area (Å²) in [7, 11) is 0. The molecule has 152 valence electrons. The fraction of sp³-hybridized carbons (Fsp3) is 0.167. The smallest absolute Gasteiger partial charge is 0.266 e. The van der Waals surface area contributed by atoms with Crippen LogP contribution in [0.1, 0.15) is 41.3 Å². The summed E-state index contributed by atoms with van der Waals surface area (Å²) in [6.07, 6.45) is 0. The summed E-state index contributed by atoms with van der Waals surface area (Å²) in [6, 6.07) is 18.7. The van der Waals surface area contributed by atoms with Gasteiger partial charge in [0, 0.05) is 0 Å². The lowest BCUT2D eigenvalue weighted by Crippen LogP contribution is -2.31. The van der Waals surface area contributed by atoms with Crippen LogP contribution in [-0.4, -0.2) is 10.9 Å². The molecule has 0 spiro atoms. The predicted octanol–water partition coefficient (Wildman–Crippen LogP) is 6.54. The van der Waals surface area contributed by atoms with E-state index in [-0.39, 0.29) is 12.5 Å². The Bertz CT molecular complexity index is 1180. The number of aromatic nitrogens is 1. The number of para-hydroxylation sites is 1. The van der Waals surface area contributed by atoms with Crippen molar-refractivity contribution in [3.05, 3.63) is 95.1 Å². The highest BCUT2D eigenvalue weighted by Crippen LogP contribution is 2.35. The zero-order chi connectivity index (χ0) is 21.3. The maximum atomic E-state index is 14.4. The molecular weight excluding hydrogens is 402 g/mol. The van der Waals surface area contributed by atoms with Crippen LogP contribution in [-0.2, 0) is 6.54 Å². The summed E-state index contributed by atoms with van der Waals surface area (Å²) in [5.41, 5.74) is 2.15. The Labute approximate surface area is 177 Å². The molecule has 1 amide bonds. The minimum Gasteiger partial charge on any atom is -0.279 e. The van der Waals surface area contributed by atoms with E-state index in [0.29, 0.717) is 5.13 Å². The molecule has 0 saturated heterocycles. The van der Waals surface area contributed by atoms with Gasteiger partial charge >= 0.3 is 0 Å². The molecule has 1 heterocycles. The number of fused-ring (bicyclic) bond motifs is 1. The minimum atomic E-state index is -0.887. The number of amides is 1. The molecule has 3 aromatic carbocycles. The summed E-state index contributed by atoms with van der Waals surface area (Å²) in [6.45, 7) is 4.31. The summed E-state index contributed by atoms with van der Waals surface area (Å²) < 4.78 is 29.7. The van der Waals surface area contributed by atoms with Crippen molar-refractivity contribution < 1.29 is 13.6 Å². The van der Waals surface area contributed by atoms with Crippen LogP contribution in [0.5, 0.6) is 0 Å². The molecule has 0 fully saturated rings. The number of carbonyl (C=O) groups excluding carboxylic acids is 1. The first-order valence-electron chi connectivity index (χ1n) is 9.65. The maximum Gasteiger partial charge on any atom is 0.266 e. The lowest BCUT2D eigenvalue weighted by Gasteiger charge is -2.20. The van der Waals surface area contributed by atoms with Gasteiger partial charge in [0.2, 0.25) is 0 Å². The van der Waals surface area contributed by atoms with E-state index < -0.39 is 23.1 Å². The predicted molar refractivity (Wildman–Crippen MR) is 117 cm³/mol. The molecule has 0 N–H and O–H groups in total. The maximum absolute atomic E-state index is 14.4.